The second-order valence-electron chi connectivity index (χ2n) is 9.66. The van der Waals surface area contributed by atoms with E-state index in [1.807, 2.05) is 36.7 Å². The maximum Gasteiger partial charge on any atom is 0.219 e. The largest absolute Gasteiger partial charge is 0.438 e. The third-order valence-corrected chi connectivity index (χ3v) is 7.45. The summed E-state index contributed by atoms with van der Waals surface area (Å²) >= 11 is 0. The summed E-state index contributed by atoms with van der Waals surface area (Å²) in [5.41, 5.74) is 4.02. The molecule has 8 aromatic rings. The highest BCUT2D eigenvalue weighted by Gasteiger charge is 2.19. The lowest BCUT2D eigenvalue weighted by molar-refractivity contribution is 0.475. The minimum atomic E-state index is 0.529. The second-order valence-corrected chi connectivity index (χ2v) is 9.66. The zero-order chi connectivity index (χ0) is 25.8. The van der Waals surface area contributed by atoms with E-state index in [-0.39, 0.29) is 0 Å². The van der Waals surface area contributed by atoms with Gasteiger partial charge in [-0.25, -0.2) is 4.98 Å². The van der Waals surface area contributed by atoms with E-state index in [9.17, 15) is 0 Å². The number of hydrogen-bond acceptors (Lipinski definition) is 4. The van der Waals surface area contributed by atoms with Gasteiger partial charge in [-0.1, -0.05) is 84.9 Å². The van der Waals surface area contributed by atoms with Crippen molar-refractivity contribution < 1.29 is 4.74 Å². The van der Waals surface area contributed by atoms with Crippen LogP contribution in [0.3, 0.4) is 0 Å². The molecule has 4 heteroatoms. The summed E-state index contributed by atoms with van der Waals surface area (Å²) in [5.74, 6) is 1.30. The predicted octanol–water partition coefficient (Wildman–Crippen LogP) is 9.10. The average Bonchev–Trinajstić information content (AvgIpc) is 3.01. The fourth-order valence-corrected chi connectivity index (χ4v) is 5.69. The first-order chi connectivity index (χ1) is 19.3. The third kappa shape index (κ3) is 3.42. The first-order valence-corrected chi connectivity index (χ1v) is 12.9. The van der Waals surface area contributed by atoms with E-state index in [0.29, 0.717) is 5.88 Å². The lowest BCUT2D eigenvalue weighted by Gasteiger charge is -2.18. The summed E-state index contributed by atoms with van der Waals surface area (Å²) in [4.78, 5) is 14.1. The number of fused-ring (bicyclic) bond motifs is 6. The Hall–Kier alpha value is -5.35. The van der Waals surface area contributed by atoms with E-state index in [0.717, 1.165) is 54.7 Å². The van der Waals surface area contributed by atoms with Gasteiger partial charge in [0, 0.05) is 51.6 Å². The predicted molar refractivity (Wildman–Crippen MR) is 159 cm³/mol. The van der Waals surface area contributed by atoms with E-state index in [1.165, 1.54) is 16.3 Å². The van der Waals surface area contributed by atoms with Gasteiger partial charge in [0.25, 0.3) is 0 Å². The highest BCUT2D eigenvalue weighted by Crippen LogP contribution is 2.45. The van der Waals surface area contributed by atoms with Crippen LogP contribution < -0.4 is 4.74 Å². The van der Waals surface area contributed by atoms with Gasteiger partial charge in [-0.05, 0) is 45.5 Å². The van der Waals surface area contributed by atoms with E-state index >= 15 is 0 Å². The highest BCUT2D eigenvalue weighted by atomic mass is 16.5. The molecule has 182 valence electrons. The number of aromatic nitrogens is 3. The van der Waals surface area contributed by atoms with Crippen LogP contribution in [0.5, 0.6) is 11.6 Å². The van der Waals surface area contributed by atoms with Crippen molar-refractivity contribution in [1.82, 2.24) is 15.0 Å². The van der Waals surface area contributed by atoms with Gasteiger partial charge in [0.05, 0.1) is 5.52 Å². The van der Waals surface area contributed by atoms with Crippen LogP contribution in [0, 0.1) is 0 Å². The minimum absolute atomic E-state index is 0.529. The molecule has 0 unspecified atom stereocenters. The fourth-order valence-electron chi connectivity index (χ4n) is 5.69. The number of hydrogen-bond donors (Lipinski definition) is 0. The molecule has 3 aromatic heterocycles. The number of ether oxygens (including phenoxy) is 1. The zero-order valence-electron chi connectivity index (χ0n) is 20.9. The molecular weight excluding hydrogens is 478 g/mol. The molecule has 4 nitrogen and oxygen atoms in total. The molecule has 0 aliphatic carbocycles. The molecule has 0 N–H and O–H groups in total. The van der Waals surface area contributed by atoms with Crippen LogP contribution in [0.25, 0.3) is 65.3 Å². The average molecular weight is 500 g/mol. The van der Waals surface area contributed by atoms with Crippen LogP contribution in [0.4, 0.5) is 0 Å². The van der Waals surface area contributed by atoms with Crippen molar-refractivity contribution in [3.63, 3.8) is 0 Å². The molecule has 0 saturated carbocycles. The van der Waals surface area contributed by atoms with Crippen molar-refractivity contribution in [3.05, 3.63) is 128 Å². The van der Waals surface area contributed by atoms with E-state index in [1.54, 1.807) is 6.20 Å². The summed E-state index contributed by atoms with van der Waals surface area (Å²) in [7, 11) is 0. The van der Waals surface area contributed by atoms with Crippen molar-refractivity contribution in [3.8, 4) is 22.8 Å². The van der Waals surface area contributed by atoms with E-state index in [2.05, 4.69) is 94.9 Å². The van der Waals surface area contributed by atoms with Crippen LogP contribution in [-0.2, 0) is 0 Å². The molecule has 5 aromatic carbocycles. The van der Waals surface area contributed by atoms with Crippen molar-refractivity contribution in [2.24, 2.45) is 0 Å². The van der Waals surface area contributed by atoms with Crippen LogP contribution in [0.1, 0.15) is 0 Å². The summed E-state index contributed by atoms with van der Waals surface area (Å²) in [5, 5.41) is 8.65. The number of rotatable bonds is 3. The Labute approximate surface area is 224 Å². The highest BCUT2D eigenvalue weighted by molar-refractivity contribution is 6.19. The lowest BCUT2D eigenvalue weighted by atomic mass is 9.89. The first-order valence-electron chi connectivity index (χ1n) is 12.9. The van der Waals surface area contributed by atoms with Gasteiger partial charge in [0.1, 0.15) is 11.3 Å². The molecular formula is C35H21N3O. The maximum absolute atomic E-state index is 6.67. The molecule has 0 bridgehead atoms. The Morgan fingerprint density at radius 1 is 0.487 bits per heavy atom. The molecule has 0 spiro atoms. The van der Waals surface area contributed by atoms with E-state index in [4.69, 9.17) is 9.72 Å². The Bertz CT molecular complexity index is 2160. The SMILES string of the molecule is c1ccc2c(-c3c4ccccc4c(Oc4ccc5ccc6cccnc6c5n4)c4ccncc34)cccc2c1. The second kappa shape index (κ2) is 8.61. The molecule has 3 heterocycles. The quantitative estimate of drug-likeness (QED) is 0.180. The summed E-state index contributed by atoms with van der Waals surface area (Å²) in [6, 6.07) is 37.6. The van der Waals surface area contributed by atoms with Gasteiger partial charge >= 0.3 is 0 Å². The van der Waals surface area contributed by atoms with E-state index < -0.39 is 0 Å². The Kier molecular flexibility index (Phi) is 4.79. The standard InChI is InChI=1S/C35H21N3O/c1-2-10-25-22(7-1)8-5-13-26(25)32-27-11-3-4-12-28(27)35(29-18-20-36-21-30(29)32)39-31-17-16-24-15-14-23-9-6-19-37-33(23)34(24)38-31/h1-21H. The van der Waals surface area contributed by atoms with Crippen LogP contribution in [0.15, 0.2) is 128 Å². The first kappa shape index (κ1) is 21.7. The summed E-state index contributed by atoms with van der Waals surface area (Å²) in [6.07, 6.45) is 5.57. The van der Waals surface area contributed by atoms with Crippen molar-refractivity contribution in [1.29, 1.82) is 0 Å². The zero-order valence-corrected chi connectivity index (χ0v) is 20.9. The van der Waals surface area contributed by atoms with Crippen molar-refractivity contribution >= 4 is 54.1 Å². The Morgan fingerprint density at radius 3 is 2.13 bits per heavy atom. The molecule has 8 rings (SSSR count). The van der Waals surface area contributed by atoms with Gasteiger partial charge in [-0.3, -0.25) is 9.97 Å². The fraction of sp³-hybridized carbons (Fsp3) is 0. The van der Waals surface area contributed by atoms with Crippen molar-refractivity contribution in [2.45, 2.75) is 0 Å². The van der Waals surface area contributed by atoms with Crippen LogP contribution in [-0.4, -0.2) is 15.0 Å². The normalized spacial score (nSPS) is 11.6. The number of nitrogens with zero attached hydrogens (tertiary/aromatic N) is 3. The van der Waals surface area contributed by atoms with Crippen LogP contribution in [0.2, 0.25) is 0 Å². The summed E-state index contributed by atoms with van der Waals surface area (Å²) in [6.45, 7) is 0. The molecule has 0 fully saturated rings. The molecule has 0 saturated heterocycles. The Balaban J connectivity index is 1.40. The number of pyridine rings is 3. The van der Waals surface area contributed by atoms with Gasteiger partial charge in [-0.15, -0.1) is 0 Å². The van der Waals surface area contributed by atoms with Gasteiger partial charge < -0.3 is 4.74 Å². The minimum Gasteiger partial charge on any atom is -0.438 e. The van der Waals surface area contributed by atoms with Gasteiger partial charge in [0.15, 0.2) is 0 Å². The Morgan fingerprint density at radius 2 is 1.21 bits per heavy atom. The third-order valence-electron chi connectivity index (χ3n) is 7.45. The molecule has 0 aliphatic rings. The smallest absolute Gasteiger partial charge is 0.219 e. The maximum atomic E-state index is 6.67. The topological polar surface area (TPSA) is 47.9 Å². The van der Waals surface area contributed by atoms with Gasteiger partial charge in [0.2, 0.25) is 5.88 Å². The number of benzene rings is 5. The summed E-state index contributed by atoms with van der Waals surface area (Å²) < 4.78 is 6.67. The monoisotopic (exact) mass is 499 g/mol. The van der Waals surface area contributed by atoms with Gasteiger partial charge in [-0.2, -0.15) is 0 Å². The molecule has 39 heavy (non-hydrogen) atoms. The molecule has 0 amide bonds. The molecule has 0 radical (unpaired) electrons. The van der Waals surface area contributed by atoms with Crippen molar-refractivity contribution in [2.75, 3.05) is 0 Å². The lowest BCUT2D eigenvalue weighted by Crippen LogP contribution is -1.95. The molecule has 0 atom stereocenters. The molecule has 0 aliphatic heterocycles. The van der Waals surface area contributed by atoms with Crippen LogP contribution >= 0.6 is 0 Å².